The van der Waals surface area contributed by atoms with Crippen molar-refractivity contribution in [3.05, 3.63) is 89.0 Å². The van der Waals surface area contributed by atoms with E-state index in [1.165, 1.54) is 17.2 Å². The van der Waals surface area contributed by atoms with E-state index in [1.54, 1.807) is 29.0 Å². The third-order valence-corrected chi connectivity index (χ3v) is 7.54. The lowest BCUT2D eigenvalue weighted by Gasteiger charge is -2.39. The average molecular weight is 495 g/mol. The number of aryl methyl sites for hydroxylation is 1. The van der Waals surface area contributed by atoms with Crippen LogP contribution in [-0.4, -0.2) is 58.5 Å². The van der Waals surface area contributed by atoms with Crippen molar-refractivity contribution in [1.29, 1.82) is 0 Å². The van der Waals surface area contributed by atoms with Gasteiger partial charge in [-0.3, -0.25) is 4.79 Å². The molecule has 1 unspecified atom stereocenters. The van der Waals surface area contributed by atoms with Crippen molar-refractivity contribution >= 4 is 5.91 Å². The molecule has 3 aromatic rings. The van der Waals surface area contributed by atoms with E-state index < -0.39 is 17.7 Å². The van der Waals surface area contributed by atoms with Crippen LogP contribution in [0, 0.1) is 18.6 Å². The first-order valence-electron chi connectivity index (χ1n) is 12.5. The molecular weight excluding hydrogens is 462 g/mol. The van der Waals surface area contributed by atoms with Gasteiger partial charge in [-0.15, -0.1) is 0 Å². The second-order valence-corrected chi connectivity index (χ2v) is 9.93. The van der Waals surface area contributed by atoms with Crippen LogP contribution >= 0.6 is 0 Å². The maximum absolute atomic E-state index is 14.0. The molecule has 1 aromatic heterocycles. The average Bonchev–Trinajstić information content (AvgIpc) is 3.46. The Morgan fingerprint density at radius 2 is 1.94 bits per heavy atom. The number of likely N-dealkylation sites (tertiary alicyclic amines) is 1. The first-order valence-corrected chi connectivity index (χ1v) is 12.5. The van der Waals surface area contributed by atoms with Gasteiger partial charge in [0.15, 0.2) is 11.6 Å². The highest BCUT2D eigenvalue weighted by molar-refractivity contribution is 5.83. The summed E-state index contributed by atoms with van der Waals surface area (Å²) in [6.45, 7) is 5.88. The number of imidazole rings is 1. The standard InChI is InChI=1S/C28H32F2N4O2/c1-20-17-34(19-31-20)26(21-8-9-24(29)25(30)16-21)27(35)32(2)12-5-13-33-14-10-28(11-15-33)23-7-4-3-6-22(23)18-36-28/h3-4,6-9,16-17,19,26H,5,10-15,18H2,1-2H3. The number of nitrogens with zero attached hydrogens (tertiary/aromatic N) is 4. The highest BCUT2D eigenvalue weighted by Gasteiger charge is 2.42. The molecule has 0 N–H and O–H groups in total. The van der Waals surface area contributed by atoms with E-state index in [0.717, 1.165) is 56.7 Å². The van der Waals surface area contributed by atoms with E-state index in [9.17, 15) is 13.6 Å². The maximum Gasteiger partial charge on any atom is 0.250 e. The van der Waals surface area contributed by atoms with Gasteiger partial charge >= 0.3 is 0 Å². The molecule has 5 rings (SSSR count). The van der Waals surface area contributed by atoms with E-state index in [0.29, 0.717) is 18.7 Å². The van der Waals surface area contributed by atoms with Crippen LogP contribution < -0.4 is 0 Å². The van der Waals surface area contributed by atoms with Crippen LogP contribution in [0.3, 0.4) is 0 Å². The van der Waals surface area contributed by atoms with Crippen LogP contribution in [0.25, 0.3) is 0 Å². The molecule has 190 valence electrons. The number of carbonyl (C=O) groups is 1. The largest absolute Gasteiger partial charge is 0.365 e. The number of piperidine rings is 1. The monoisotopic (exact) mass is 494 g/mol. The number of likely N-dealkylation sites (N-methyl/N-ethyl adjacent to an activating group) is 1. The molecule has 1 fully saturated rings. The molecule has 2 aliphatic heterocycles. The highest BCUT2D eigenvalue weighted by atomic mass is 19.2. The van der Waals surface area contributed by atoms with E-state index >= 15 is 0 Å². The number of amides is 1. The van der Waals surface area contributed by atoms with Crippen LogP contribution in [-0.2, 0) is 21.7 Å². The first-order chi connectivity index (χ1) is 17.4. The molecule has 0 saturated carbocycles. The third-order valence-electron chi connectivity index (χ3n) is 7.54. The summed E-state index contributed by atoms with van der Waals surface area (Å²) in [7, 11) is 1.76. The molecule has 1 amide bonds. The molecule has 1 spiro atoms. The Morgan fingerprint density at radius 3 is 2.67 bits per heavy atom. The van der Waals surface area contributed by atoms with Crippen LogP contribution in [0.5, 0.6) is 0 Å². The van der Waals surface area contributed by atoms with Crippen LogP contribution in [0.4, 0.5) is 8.78 Å². The smallest absolute Gasteiger partial charge is 0.250 e. The van der Waals surface area contributed by atoms with Gasteiger partial charge in [-0.05, 0) is 61.6 Å². The minimum Gasteiger partial charge on any atom is -0.365 e. The number of aromatic nitrogens is 2. The van der Waals surface area contributed by atoms with Gasteiger partial charge in [-0.2, -0.15) is 0 Å². The van der Waals surface area contributed by atoms with Gasteiger partial charge in [0.25, 0.3) is 0 Å². The van der Waals surface area contributed by atoms with Crippen LogP contribution in [0.15, 0.2) is 55.0 Å². The van der Waals surface area contributed by atoms with Gasteiger partial charge in [0, 0.05) is 32.9 Å². The lowest BCUT2D eigenvalue weighted by atomic mass is 9.84. The summed E-state index contributed by atoms with van der Waals surface area (Å²) in [5.74, 6) is -2.09. The predicted octanol–water partition coefficient (Wildman–Crippen LogP) is 4.43. The molecule has 0 radical (unpaired) electrons. The van der Waals surface area contributed by atoms with Gasteiger partial charge in [0.2, 0.25) is 5.91 Å². The molecule has 2 aromatic carbocycles. The van der Waals surface area contributed by atoms with Gasteiger partial charge < -0.3 is 19.1 Å². The summed E-state index contributed by atoms with van der Waals surface area (Å²) in [6.07, 6.45) is 6.05. The van der Waals surface area contributed by atoms with Gasteiger partial charge in [-0.1, -0.05) is 30.3 Å². The normalized spacial score (nSPS) is 17.8. The fourth-order valence-electron chi connectivity index (χ4n) is 5.49. The number of ether oxygens (including phenoxy) is 1. The van der Waals surface area contributed by atoms with Gasteiger partial charge in [0.05, 0.1) is 24.2 Å². The minimum absolute atomic E-state index is 0.152. The quantitative estimate of drug-likeness (QED) is 0.488. The van der Waals surface area contributed by atoms with Crippen molar-refractivity contribution in [3.63, 3.8) is 0 Å². The number of hydrogen-bond donors (Lipinski definition) is 0. The third kappa shape index (κ3) is 4.80. The van der Waals surface area contributed by atoms with Crippen molar-refractivity contribution in [2.75, 3.05) is 33.2 Å². The van der Waals surface area contributed by atoms with E-state index in [-0.39, 0.29) is 11.5 Å². The zero-order chi connectivity index (χ0) is 25.3. The van der Waals surface area contributed by atoms with Crippen molar-refractivity contribution in [2.24, 2.45) is 0 Å². The minimum atomic E-state index is -0.971. The second-order valence-electron chi connectivity index (χ2n) is 9.93. The van der Waals surface area contributed by atoms with E-state index in [2.05, 4.69) is 34.1 Å². The van der Waals surface area contributed by atoms with Crippen molar-refractivity contribution < 1.29 is 18.3 Å². The molecule has 8 heteroatoms. The van der Waals surface area contributed by atoms with E-state index in [1.807, 2.05) is 6.92 Å². The molecular formula is C28H32F2N4O2. The number of hydrogen-bond acceptors (Lipinski definition) is 4. The number of rotatable bonds is 7. The molecule has 1 saturated heterocycles. The summed E-state index contributed by atoms with van der Waals surface area (Å²) < 4.78 is 35.4. The number of halogens is 2. The fraction of sp³-hybridized carbons (Fsp3) is 0.429. The molecule has 0 aliphatic carbocycles. The molecule has 1 atom stereocenters. The molecule has 3 heterocycles. The van der Waals surface area contributed by atoms with E-state index in [4.69, 9.17) is 4.74 Å². The fourth-order valence-corrected chi connectivity index (χ4v) is 5.49. The van der Waals surface area contributed by atoms with Crippen molar-refractivity contribution in [1.82, 2.24) is 19.4 Å². The van der Waals surface area contributed by atoms with Crippen molar-refractivity contribution in [2.45, 2.75) is 44.4 Å². The highest BCUT2D eigenvalue weighted by Crippen LogP contribution is 2.43. The zero-order valence-corrected chi connectivity index (χ0v) is 20.8. The topological polar surface area (TPSA) is 50.6 Å². The summed E-state index contributed by atoms with van der Waals surface area (Å²) in [5, 5.41) is 0. The predicted molar refractivity (Wildman–Crippen MR) is 132 cm³/mol. The second kappa shape index (κ2) is 10.1. The maximum atomic E-state index is 14.0. The summed E-state index contributed by atoms with van der Waals surface area (Å²) in [6, 6.07) is 11.3. The lowest BCUT2D eigenvalue weighted by molar-refractivity contribution is -0.132. The number of fused-ring (bicyclic) bond motifs is 2. The molecule has 36 heavy (non-hydrogen) atoms. The molecule has 2 aliphatic rings. The van der Waals surface area contributed by atoms with Gasteiger partial charge in [-0.25, -0.2) is 13.8 Å². The Kier molecular flexibility index (Phi) is 6.90. The number of carbonyl (C=O) groups excluding carboxylic acids is 1. The lowest BCUT2D eigenvalue weighted by Crippen LogP contribution is -2.43. The van der Waals surface area contributed by atoms with Gasteiger partial charge in [0.1, 0.15) is 6.04 Å². The Hall–Kier alpha value is -3.10. The summed E-state index contributed by atoms with van der Waals surface area (Å²) >= 11 is 0. The SMILES string of the molecule is Cc1cn(C(C(=O)N(C)CCCN2CCC3(CC2)OCc2ccccc23)c2ccc(F)c(F)c2)cn1. The first kappa shape index (κ1) is 24.6. The van der Waals surface area contributed by atoms with Crippen molar-refractivity contribution in [3.8, 4) is 0 Å². The molecule has 6 nitrogen and oxygen atoms in total. The Bertz CT molecular complexity index is 1240. The Balaban J connectivity index is 1.18. The number of benzene rings is 2. The van der Waals surface area contributed by atoms with Crippen LogP contribution in [0.2, 0.25) is 0 Å². The summed E-state index contributed by atoms with van der Waals surface area (Å²) in [4.78, 5) is 21.8. The molecule has 0 bridgehead atoms. The Morgan fingerprint density at radius 1 is 1.17 bits per heavy atom. The van der Waals surface area contributed by atoms with Crippen LogP contribution in [0.1, 0.15) is 47.7 Å². The zero-order valence-electron chi connectivity index (χ0n) is 20.8. The Labute approximate surface area is 210 Å². The summed E-state index contributed by atoms with van der Waals surface area (Å²) in [5.41, 5.74) is 3.62.